The quantitative estimate of drug-likeness (QED) is 0.874. The minimum absolute atomic E-state index is 0.000622. The van der Waals surface area contributed by atoms with Gasteiger partial charge < -0.3 is 5.73 Å². The third-order valence-electron chi connectivity index (χ3n) is 2.59. The molecule has 4 heteroatoms. The van der Waals surface area contributed by atoms with Gasteiger partial charge in [0.05, 0.1) is 11.4 Å². The molecular weight excluding hydrogens is 278 g/mol. The molecule has 2 rings (SSSR count). The predicted octanol–water partition coefficient (Wildman–Crippen LogP) is 3.51. The van der Waals surface area contributed by atoms with Crippen LogP contribution in [-0.2, 0) is 5.41 Å². The van der Waals surface area contributed by atoms with E-state index in [9.17, 15) is 0 Å². The van der Waals surface area contributed by atoms with Gasteiger partial charge >= 0.3 is 0 Å². The van der Waals surface area contributed by atoms with Crippen molar-refractivity contribution in [3.8, 4) is 5.69 Å². The Hall–Kier alpha value is -1.29. The summed E-state index contributed by atoms with van der Waals surface area (Å²) in [5, 5.41) is 4.57. The van der Waals surface area contributed by atoms with Crippen LogP contribution in [0.1, 0.15) is 26.5 Å². The molecule has 2 aromatic rings. The molecule has 90 valence electrons. The molecule has 0 aliphatic carbocycles. The lowest BCUT2D eigenvalue weighted by molar-refractivity contribution is 0.560. The highest BCUT2D eigenvalue weighted by molar-refractivity contribution is 9.10. The van der Waals surface area contributed by atoms with Crippen molar-refractivity contribution in [3.05, 3.63) is 40.5 Å². The number of nitrogens with two attached hydrogens (primary N) is 1. The molecule has 3 nitrogen and oxygen atoms in total. The molecule has 0 bridgehead atoms. The summed E-state index contributed by atoms with van der Waals surface area (Å²) >= 11 is 3.51. The first-order valence-electron chi connectivity index (χ1n) is 5.50. The zero-order valence-electron chi connectivity index (χ0n) is 10.2. The van der Waals surface area contributed by atoms with Crippen LogP contribution >= 0.6 is 15.9 Å². The van der Waals surface area contributed by atoms with Crippen molar-refractivity contribution >= 4 is 21.7 Å². The molecule has 0 amide bonds. The van der Waals surface area contributed by atoms with Gasteiger partial charge in [-0.2, -0.15) is 5.10 Å². The molecule has 1 aromatic carbocycles. The Morgan fingerprint density at radius 2 is 1.88 bits per heavy atom. The Balaban J connectivity index is 2.55. The van der Waals surface area contributed by atoms with Crippen LogP contribution in [0.2, 0.25) is 0 Å². The molecule has 0 atom stereocenters. The average molecular weight is 294 g/mol. The number of nitrogens with zero attached hydrogens (tertiary/aromatic N) is 2. The Morgan fingerprint density at radius 3 is 2.41 bits per heavy atom. The van der Waals surface area contributed by atoms with E-state index in [4.69, 9.17) is 5.73 Å². The van der Waals surface area contributed by atoms with Crippen LogP contribution in [0.15, 0.2) is 34.8 Å². The first-order valence-corrected chi connectivity index (χ1v) is 6.30. The lowest BCUT2D eigenvalue weighted by Gasteiger charge is -2.14. The summed E-state index contributed by atoms with van der Waals surface area (Å²) < 4.78 is 2.75. The monoisotopic (exact) mass is 293 g/mol. The van der Waals surface area contributed by atoms with E-state index in [0.717, 1.165) is 15.9 Å². The number of rotatable bonds is 1. The number of nitrogen functional groups attached to an aromatic ring is 1. The second-order valence-corrected chi connectivity index (χ2v) is 5.92. The van der Waals surface area contributed by atoms with Crippen LogP contribution < -0.4 is 5.73 Å². The van der Waals surface area contributed by atoms with Gasteiger partial charge in [-0.15, -0.1) is 0 Å². The molecule has 0 spiro atoms. The first-order chi connectivity index (χ1) is 7.89. The number of aromatic nitrogens is 2. The summed E-state index contributed by atoms with van der Waals surface area (Å²) in [5.74, 6) is 0.654. The molecular formula is C13H16BrN3. The zero-order valence-corrected chi connectivity index (χ0v) is 11.8. The van der Waals surface area contributed by atoms with E-state index >= 15 is 0 Å². The summed E-state index contributed by atoms with van der Waals surface area (Å²) in [5.41, 5.74) is 7.97. The van der Waals surface area contributed by atoms with Crippen LogP contribution in [0.4, 0.5) is 5.82 Å². The molecule has 0 aliphatic rings. The predicted molar refractivity (Wildman–Crippen MR) is 74.4 cm³/mol. The van der Waals surface area contributed by atoms with Crippen LogP contribution in [0, 0.1) is 0 Å². The highest BCUT2D eigenvalue weighted by Crippen LogP contribution is 2.27. The topological polar surface area (TPSA) is 43.8 Å². The van der Waals surface area contributed by atoms with E-state index in [-0.39, 0.29) is 5.41 Å². The van der Waals surface area contributed by atoms with Crippen molar-refractivity contribution in [3.63, 3.8) is 0 Å². The number of para-hydroxylation sites is 1. The fourth-order valence-corrected chi connectivity index (χ4v) is 2.03. The van der Waals surface area contributed by atoms with Crippen LogP contribution in [0.25, 0.3) is 5.69 Å². The lowest BCUT2D eigenvalue weighted by atomic mass is 9.92. The molecule has 0 saturated carbocycles. The van der Waals surface area contributed by atoms with E-state index in [1.165, 1.54) is 0 Å². The second-order valence-electron chi connectivity index (χ2n) is 5.07. The van der Waals surface area contributed by atoms with Crippen LogP contribution in [-0.4, -0.2) is 9.78 Å². The van der Waals surface area contributed by atoms with Gasteiger partial charge in [0.2, 0.25) is 0 Å². The number of hydrogen-bond donors (Lipinski definition) is 1. The molecule has 1 aromatic heterocycles. The first kappa shape index (κ1) is 12.2. The molecule has 0 aliphatic heterocycles. The molecule has 0 saturated heterocycles. The maximum atomic E-state index is 6.02. The SMILES string of the molecule is CC(C)(C)c1cc(N)n(-c2ccccc2Br)n1. The van der Waals surface area contributed by atoms with Crippen molar-refractivity contribution in [2.45, 2.75) is 26.2 Å². The van der Waals surface area contributed by atoms with Gasteiger partial charge in [-0.3, -0.25) is 0 Å². The van der Waals surface area contributed by atoms with Crippen LogP contribution in [0.5, 0.6) is 0 Å². The number of hydrogen-bond acceptors (Lipinski definition) is 2. The second kappa shape index (κ2) is 4.18. The van der Waals surface area contributed by atoms with Gasteiger partial charge in [0, 0.05) is 16.0 Å². The van der Waals surface area contributed by atoms with Gasteiger partial charge in [0.15, 0.2) is 0 Å². The van der Waals surface area contributed by atoms with Crippen molar-refractivity contribution in [1.29, 1.82) is 0 Å². The summed E-state index contributed by atoms with van der Waals surface area (Å²) in [7, 11) is 0. The molecule has 2 N–H and O–H groups in total. The Labute approximate surface area is 110 Å². The van der Waals surface area contributed by atoms with Crippen molar-refractivity contribution in [2.75, 3.05) is 5.73 Å². The molecule has 1 heterocycles. The summed E-state index contributed by atoms with van der Waals surface area (Å²) in [6.07, 6.45) is 0. The maximum Gasteiger partial charge on any atom is 0.127 e. The normalized spacial score (nSPS) is 11.8. The zero-order chi connectivity index (χ0) is 12.6. The van der Waals surface area contributed by atoms with E-state index in [1.807, 2.05) is 30.3 Å². The summed E-state index contributed by atoms with van der Waals surface area (Å²) in [6.45, 7) is 6.37. The van der Waals surface area contributed by atoms with E-state index in [0.29, 0.717) is 5.82 Å². The van der Waals surface area contributed by atoms with E-state index in [2.05, 4.69) is 41.8 Å². The number of halogens is 1. The fourth-order valence-electron chi connectivity index (χ4n) is 1.58. The van der Waals surface area contributed by atoms with Gasteiger partial charge in [0.25, 0.3) is 0 Å². The van der Waals surface area contributed by atoms with Gasteiger partial charge in [-0.25, -0.2) is 4.68 Å². The third kappa shape index (κ3) is 2.36. The summed E-state index contributed by atoms with van der Waals surface area (Å²) in [6, 6.07) is 9.84. The van der Waals surface area contributed by atoms with Crippen molar-refractivity contribution < 1.29 is 0 Å². The Kier molecular flexibility index (Phi) is 3.00. The molecule has 17 heavy (non-hydrogen) atoms. The fraction of sp³-hybridized carbons (Fsp3) is 0.308. The smallest absolute Gasteiger partial charge is 0.127 e. The summed E-state index contributed by atoms with van der Waals surface area (Å²) in [4.78, 5) is 0. The average Bonchev–Trinajstić information content (AvgIpc) is 2.61. The largest absolute Gasteiger partial charge is 0.384 e. The standard InChI is InChI=1S/C13H16BrN3/c1-13(2,3)11-8-12(15)17(16-11)10-7-5-4-6-9(10)14/h4-8H,15H2,1-3H3. The highest BCUT2D eigenvalue weighted by Gasteiger charge is 2.19. The van der Waals surface area contributed by atoms with Crippen molar-refractivity contribution in [2.24, 2.45) is 0 Å². The maximum absolute atomic E-state index is 6.02. The Bertz CT molecular complexity index is 538. The molecule has 0 radical (unpaired) electrons. The minimum Gasteiger partial charge on any atom is -0.384 e. The van der Waals surface area contributed by atoms with E-state index < -0.39 is 0 Å². The third-order valence-corrected chi connectivity index (χ3v) is 3.26. The number of anilines is 1. The highest BCUT2D eigenvalue weighted by atomic mass is 79.9. The molecule has 0 unspecified atom stereocenters. The van der Waals surface area contributed by atoms with Gasteiger partial charge in [-0.1, -0.05) is 32.9 Å². The molecule has 0 fully saturated rings. The van der Waals surface area contributed by atoms with Crippen LogP contribution in [0.3, 0.4) is 0 Å². The van der Waals surface area contributed by atoms with E-state index in [1.54, 1.807) is 4.68 Å². The van der Waals surface area contributed by atoms with Gasteiger partial charge in [-0.05, 0) is 28.1 Å². The van der Waals surface area contributed by atoms with Gasteiger partial charge in [0.1, 0.15) is 5.82 Å². The Morgan fingerprint density at radius 1 is 1.24 bits per heavy atom. The lowest BCUT2D eigenvalue weighted by Crippen LogP contribution is -2.12. The van der Waals surface area contributed by atoms with Crippen molar-refractivity contribution in [1.82, 2.24) is 9.78 Å². The minimum atomic E-state index is 0.000622. The number of benzene rings is 1.